The highest BCUT2D eigenvalue weighted by Crippen LogP contribution is 2.25. The Labute approximate surface area is 115 Å². The SMILES string of the molecule is Cn1ncc(-c2ccc(-n3cc(Cl)cn3)cc2)c1N. The van der Waals surface area contributed by atoms with E-state index in [0.29, 0.717) is 10.8 Å². The second-order valence-corrected chi connectivity index (χ2v) is 4.65. The molecule has 0 spiro atoms. The lowest BCUT2D eigenvalue weighted by Gasteiger charge is -2.04. The molecular formula is C13H12ClN5. The fourth-order valence-electron chi connectivity index (χ4n) is 1.91. The van der Waals surface area contributed by atoms with Crippen LogP contribution in [-0.4, -0.2) is 19.6 Å². The molecule has 1 aromatic carbocycles. The molecule has 6 heteroatoms. The molecule has 2 N–H and O–H groups in total. The second kappa shape index (κ2) is 4.44. The van der Waals surface area contributed by atoms with Crippen molar-refractivity contribution in [3.8, 4) is 16.8 Å². The summed E-state index contributed by atoms with van der Waals surface area (Å²) in [6.07, 6.45) is 5.12. The molecule has 2 heterocycles. The van der Waals surface area contributed by atoms with Gasteiger partial charge in [0.05, 0.1) is 23.1 Å². The molecule has 0 unspecified atom stereocenters. The first-order valence-corrected chi connectivity index (χ1v) is 6.11. The maximum Gasteiger partial charge on any atom is 0.129 e. The lowest BCUT2D eigenvalue weighted by atomic mass is 10.1. The third-order valence-electron chi connectivity index (χ3n) is 2.98. The molecule has 0 atom stereocenters. The quantitative estimate of drug-likeness (QED) is 0.780. The van der Waals surface area contributed by atoms with Crippen LogP contribution in [0.15, 0.2) is 42.9 Å². The average Bonchev–Trinajstić information content (AvgIpc) is 2.98. The van der Waals surface area contributed by atoms with Gasteiger partial charge in [-0.1, -0.05) is 23.7 Å². The molecule has 0 saturated carbocycles. The van der Waals surface area contributed by atoms with Crippen LogP contribution in [0, 0.1) is 0 Å². The summed E-state index contributed by atoms with van der Waals surface area (Å²) in [5, 5.41) is 8.90. The van der Waals surface area contributed by atoms with Crippen molar-refractivity contribution in [3.05, 3.63) is 47.9 Å². The van der Waals surface area contributed by atoms with E-state index in [1.807, 2.05) is 31.3 Å². The largest absolute Gasteiger partial charge is 0.383 e. The van der Waals surface area contributed by atoms with Crippen molar-refractivity contribution < 1.29 is 0 Å². The number of anilines is 1. The first-order valence-electron chi connectivity index (χ1n) is 5.73. The van der Waals surface area contributed by atoms with Crippen LogP contribution < -0.4 is 5.73 Å². The Hall–Kier alpha value is -2.27. The van der Waals surface area contributed by atoms with E-state index in [0.717, 1.165) is 16.8 Å². The van der Waals surface area contributed by atoms with E-state index in [1.54, 1.807) is 28.0 Å². The molecule has 3 aromatic rings. The lowest BCUT2D eigenvalue weighted by Crippen LogP contribution is -1.98. The van der Waals surface area contributed by atoms with E-state index in [2.05, 4.69) is 10.2 Å². The predicted octanol–water partition coefficient (Wildman–Crippen LogP) is 2.51. The van der Waals surface area contributed by atoms with Gasteiger partial charge in [-0.2, -0.15) is 10.2 Å². The van der Waals surface area contributed by atoms with Gasteiger partial charge in [-0.25, -0.2) is 4.68 Å². The lowest BCUT2D eigenvalue weighted by molar-refractivity contribution is 0.779. The number of rotatable bonds is 2. The third-order valence-corrected chi connectivity index (χ3v) is 3.17. The van der Waals surface area contributed by atoms with Gasteiger partial charge < -0.3 is 5.73 Å². The molecule has 3 rings (SSSR count). The van der Waals surface area contributed by atoms with Crippen LogP contribution in [0.2, 0.25) is 5.02 Å². The van der Waals surface area contributed by atoms with E-state index in [9.17, 15) is 0 Å². The van der Waals surface area contributed by atoms with Crippen molar-refractivity contribution in [1.82, 2.24) is 19.6 Å². The van der Waals surface area contributed by atoms with E-state index in [4.69, 9.17) is 17.3 Å². The number of nitrogens with zero attached hydrogens (tertiary/aromatic N) is 4. The summed E-state index contributed by atoms with van der Waals surface area (Å²) in [5.41, 5.74) is 8.84. The Morgan fingerprint density at radius 3 is 2.37 bits per heavy atom. The minimum Gasteiger partial charge on any atom is -0.383 e. The summed E-state index contributed by atoms with van der Waals surface area (Å²) in [5.74, 6) is 0.648. The van der Waals surface area contributed by atoms with Crippen molar-refractivity contribution in [3.63, 3.8) is 0 Å². The van der Waals surface area contributed by atoms with Gasteiger partial charge in [-0.15, -0.1) is 0 Å². The molecule has 0 saturated heterocycles. The van der Waals surface area contributed by atoms with E-state index >= 15 is 0 Å². The minimum absolute atomic E-state index is 0.612. The summed E-state index contributed by atoms with van der Waals surface area (Å²) >= 11 is 5.85. The highest BCUT2D eigenvalue weighted by molar-refractivity contribution is 6.30. The second-order valence-electron chi connectivity index (χ2n) is 4.22. The number of benzene rings is 1. The molecule has 19 heavy (non-hydrogen) atoms. The molecule has 0 aliphatic heterocycles. The molecule has 2 aromatic heterocycles. The van der Waals surface area contributed by atoms with Crippen LogP contribution in [0.25, 0.3) is 16.8 Å². The maximum atomic E-state index is 5.95. The van der Waals surface area contributed by atoms with Crippen molar-refractivity contribution in [2.45, 2.75) is 0 Å². The molecule has 0 amide bonds. The first-order chi connectivity index (χ1) is 9.15. The molecule has 5 nitrogen and oxygen atoms in total. The number of nitrogens with two attached hydrogens (primary N) is 1. The van der Waals surface area contributed by atoms with Gasteiger partial charge in [-0.3, -0.25) is 4.68 Å². The fourth-order valence-corrected chi connectivity index (χ4v) is 2.04. The van der Waals surface area contributed by atoms with Gasteiger partial charge in [-0.05, 0) is 17.7 Å². The van der Waals surface area contributed by atoms with Gasteiger partial charge in [0.1, 0.15) is 5.82 Å². The van der Waals surface area contributed by atoms with Crippen LogP contribution in [0.1, 0.15) is 0 Å². The molecule has 0 bridgehead atoms. The normalized spacial score (nSPS) is 10.8. The van der Waals surface area contributed by atoms with Crippen LogP contribution in [0.4, 0.5) is 5.82 Å². The zero-order valence-electron chi connectivity index (χ0n) is 10.3. The average molecular weight is 274 g/mol. The van der Waals surface area contributed by atoms with Crippen LogP contribution >= 0.6 is 11.6 Å². The molecule has 96 valence electrons. The van der Waals surface area contributed by atoms with Crippen molar-refractivity contribution in [2.24, 2.45) is 7.05 Å². The number of aromatic nitrogens is 4. The van der Waals surface area contributed by atoms with Gasteiger partial charge in [0.2, 0.25) is 0 Å². The zero-order chi connectivity index (χ0) is 13.4. The van der Waals surface area contributed by atoms with E-state index < -0.39 is 0 Å². The Balaban J connectivity index is 1.97. The number of aryl methyl sites for hydroxylation is 1. The molecule has 0 aliphatic carbocycles. The smallest absolute Gasteiger partial charge is 0.129 e. The fraction of sp³-hybridized carbons (Fsp3) is 0.0769. The summed E-state index contributed by atoms with van der Waals surface area (Å²) in [6.45, 7) is 0. The molecular weight excluding hydrogens is 262 g/mol. The Morgan fingerprint density at radius 1 is 1.11 bits per heavy atom. The van der Waals surface area contributed by atoms with Crippen molar-refractivity contribution >= 4 is 17.4 Å². The Bertz CT molecular complexity index is 711. The summed E-state index contributed by atoms with van der Waals surface area (Å²) in [6, 6.07) is 7.90. The van der Waals surface area contributed by atoms with E-state index in [-0.39, 0.29) is 0 Å². The first kappa shape index (κ1) is 11.8. The number of hydrogen-bond acceptors (Lipinski definition) is 3. The van der Waals surface area contributed by atoms with Gasteiger partial charge in [0, 0.05) is 18.8 Å². The Kier molecular flexibility index (Phi) is 2.76. The number of hydrogen-bond donors (Lipinski definition) is 1. The predicted molar refractivity (Wildman–Crippen MR) is 75.2 cm³/mol. The highest BCUT2D eigenvalue weighted by Gasteiger charge is 2.07. The third kappa shape index (κ3) is 2.08. The van der Waals surface area contributed by atoms with Gasteiger partial charge >= 0.3 is 0 Å². The number of nitrogen functional groups attached to an aromatic ring is 1. The van der Waals surface area contributed by atoms with E-state index in [1.165, 1.54) is 0 Å². The zero-order valence-corrected chi connectivity index (χ0v) is 11.0. The molecule has 0 radical (unpaired) electrons. The topological polar surface area (TPSA) is 61.7 Å². The van der Waals surface area contributed by atoms with Crippen LogP contribution in [0.5, 0.6) is 0 Å². The van der Waals surface area contributed by atoms with Crippen molar-refractivity contribution in [1.29, 1.82) is 0 Å². The summed E-state index contributed by atoms with van der Waals surface area (Å²) < 4.78 is 3.37. The summed E-state index contributed by atoms with van der Waals surface area (Å²) in [4.78, 5) is 0. The van der Waals surface area contributed by atoms with Crippen LogP contribution in [0.3, 0.4) is 0 Å². The Morgan fingerprint density at radius 2 is 1.84 bits per heavy atom. The van der Waals surface area contributed by atoms with Gasteiger partial charge in [0.15, 0.2) is 0 Å². The maximum absolute atomic E-state index is 5.95. The van der Waals surface area contributed by atoms with Crippen molar-refractivity contribution in [2.75, 3.05) is 5.73 Å². The molecule has 0 aliphatic rings. The highest BCUT2D eigenvalue weighted by atomic mass is 35.5. The van der Waals surface area contributed by atoms with Crippen LogP contribution in [-0.2, 0) is 7.05 Å². The minimum atomic E-state index is 0.612. The monoisotopic (exact) mass is 273 g/mol. The molecule has 0 fully saturated rings. The summed E-state index contributed by atoms with van der Waals surface area (Å²) in [7, 11) is 1.82. The number of halogens is 1. The van der Waals surface area contributed by atoms with Gasteiger partial charge in [0.25, 0.3) is 0 Å². The standard InChI is InChI=1S/C13H12ClN5/c1-18-13(15)12(7-16-18)9-2-4-11(5-3-9)19-8-10(14)6-17-19/h2-8H,15H2,1H3.